The number of rotatable bonds is 1. The Morgan fingerprint density at radius 3 is 2.65 bits per heavy atom. The minimum atomic E-state index is -0.342. The van der Waals surface area contributed by atoms with E-state index in [1.165, 1.54) is 10.6 Å². The highest BCUT2D eigenvalue weighted by Crippen LogP contribution is 2.26. The maximum Gasteiger partial charge on any atom is 0.170 e. The van der Waals surface area contributed by atoms with E-state index in [1.807, 2.05) is 13.8 Å². The van der Waals surface area contributed by atoms with E-state index in [0.717, 1.165) is 0 Å². The molecule has 0 unspecified atom stereocenters. The van der Waals surface area contributed by atoms with Crippen molar-refractivity contribution < 1.29 is 4.39 Å². The number of nitrogens with zero attached hydrogens (tertiary/aromatic N) is 3. The summed E-state index contributed by atoms with van der Waals surface area (Å²) in [5.74, 6) is -0.342. The molecule has 0 saturated carbocycles. The number of thiol groups is 1. The van der Waals surface area contributed by atoms with E-state index in [-0.39, 0.29) is 5.82 Å². The Bertz CT molecular complexity index is 742. The van der Waals surface area contributed by atoms with Crippen molar-refractivity contribution >= 4 is 29.9 Å². The van der Waals surface area contributed by atoms with Crippen LogP contribution in [0.15, 0.2) is 41.4 Å². The highest BCUT2D eigenvalue weighted by molar-refractivity contribution is 7.80. The third-order valence-electron chi connectivity index (χ3n) is 2.56. The third kappa shape index (κ3) is 2.64. The van der Waals surface area contributed by atoms with Crippen LogP contribution in [0.4, 0.5) is 4.39 Å². The Labute approximate surface area is 126 Å². The molecule has 0 bridgehead atoms. The third-order valence-corrected chi connectivity index (χ3v) is 3.14. The molecule has 3 aromatic rings. The van der Waals surface area contributed by atoms with E-state index in [2.05, 4.69) is 22.7 Å². The Morgan fingerprint density at radius 2 is 1.95 bits per heavy atom. The molecular weight excluding hydrogens is 297 g/mol. The molecule has 0 fully saturated rings. The van der Waals surface area contributed by atoms with Gasteiger partial charge in [-0.3, -0.25) is 0 Å². The van der Waals surface area contributed by atoms with Crippen LogP contribution >= 0.6 is 24.2 Å². The molecule has 0 atom stereocenters. The molecule has 0 aliphatic heterocycles. The molecule has 2 heterocycles. The van der Waals surface area contributed by atoms with Crippen molar-refractivity contribution in [1.29, 1.82) is 0 Å². The summed E-state index contributed by atoms with van der Waals surface area (Å²) in [5.41, 5.74) is 1.36. The molecular formula is C14H13ClFN3S. The van der Waals surface area contributed by atoms with Crippen molar-refractivity contribution in [3.8, 4) is 11.3 Å². The second-order valence-corrected chi connectivity index (χ2v) is 4.58. The minimum Gasteiger partial charge on any atom is -0.227 e. The number of hydrogen-bond donors (Lipinski definition) is 1. The lowest BCUT2D eigenvalue weighted by molar-refractivity contribution is 0.630. The van der Waals surface area contributed by atoms with Gasteiger partial charge in [0.25, 0.3) is 0 Å². The lowest BCUT2D eigenvalue weighted by Gasteiger charge is -2.05. The fourth-order valence-corrected chi connectivity index (χ4v) is 2.14. The van der Waals surface area contributed by atoms with Gasteiger partial charge in [-0.15, -0.1) is 12.6 Å². The van der Waals surface area contributed by atoms with E-state index in [1.54, 1.807) is 30.5 Å². The van der Waals surface area contributed by atoms with Crippen LogP contribution in [0.1, 0.15) is 13.8 Å². The first-order valence-electron chi connectivity index (χ1n) is 6.15. The summed E-state index contributed by atoms with van der Waals surface area (Å²) in [5, 5.41) is 4.39. The van der Waals surface area contributed by atoms with E-state index >= 15 is 0 Å². The number of fused-ring (bicyclic) bond motifs is 1. The SMILES string of the molecule is CC.Fc1ccccc1-c1cc(Cl)n2ncc(S)c2n1. The monoisotopic (exact) mass is 309 g/mol. The molecule has 3 rings (SSSR count). The van der Waals surface area contributed by atoms with Crippen LogP contribution in [0.25, 0.3) is 16.9 Å². The lowest BCUT2D eigenvalue weighted by Crippen LogP contribution is -1.95. The Hall–Kier alpha value is -1.59. The molecule has 0 saturated heterocycles. The van der Waals surface area contributed by atoms with Crippen LogP contribution in [0, 0.1) is 5.82 Å². The molecule has 20 heavy (non-hydrogen) atoms. The van der Waals surface area contributed by atoms with Crippen LogP contribution in [-0.4, -0.2) is 14.6 Å². The van der Waals surface area contributed by atoms with E-state index < -0.39 is 0 Å². The maximum atomic E-state index is 13.7. The fourth-order valence-electron chi connectivity index (χ4n) is 1.72. The molecule has 0 aliphatic carbocycles. The van der Waals surface area contributed by atoms with Crippen molar-refractivity contribution in [2.45, 2.75) is 18.7 Å². The Morgan fingerprint density at radius 1 is 1.25 bits per heavy atom. The van der Waals surface area contributed by atoms with Gasteiger partial charge in [0.1, 0.15) is 11.0 Å². The zero-order valence-electron chi connectivity index (χ0n) is 11.0. The highest BCUT2D eigenvalue weighted by Gasteiger charge is 2.11. The smallest absolute Gasteiger partial charge is 0.170 e. The van der Waals surface area contributed by atoms with Gasteiger partial charge < -0.3 is 0 Å². The summed E-state index contributed by atoms with van der Waals surface area (Å²) >= 11 is 10.3. The summed E-state index contributed by atoms with van der Waals surface area (Å²) in [4.78, 5) is 4.92. The molecule has 0 amide bonds. The van der Waals surface area contributed by atoms with Crippen molar-refractivity contribution in [2.75, 3.05) is 0 Å². The summed E-state index contributed by atoms with van der Waals surface area (Å²) in [6.45, 7) is 4.00. The van der Waals surface area contributed by atoms with Gasteiger partial charge in [0.2, 0.25) is 0 Å². The van der Waals surface area contributed by atoms with Crippen molar-refractivity contribution in [3.63, 3.8) is 0 Å². The molecule has 6 heteroatoms. The molecule has 2 aromatic heterocycles. The molecule has 0 aliphatic rings. The van der Waals surface area contributed by atoms with E-state index in [0.29, 0.717) is 27.0 Å². The second kappa shape index (κ2) is 6.24. The van der Waals surface area contributed by atoms with Gasteiger partial charge in [-0.2, -0.15) is 5.10 Å². The van der Waals surface area contributed by atoms with E-state index in [4.69, 9.17) is 11.6 Å². The van der Waals surface area contributed by atoms with Crippen molar-refractivity contribution in [3.05, 3.63) is 47.5 Å². The standard InChI is InChI=1S/C12H7ClFN3S.C2H6/c13-11-5-9(7-3-1-2-4-8(7)14)16-12-10(18)6-15-17(11)12;1-2/h1-6,18H;1-2H3. The summed E-state index contributed by atoms with van der Waals surface area (Å²) < 4.78 is 15.2. The van der Waals surface area contributed by atoms with Gasteiger partial charge >= 0.3 is 0 Å². The zero-order valence-corrected chi connectivity index (χ0v) is 12.7. The molecule has 0 spiro atoms. The number of benzene rings is 1. The summed E-state index contributed by atoms with van der Waals surface area (Å²) in [6, 6.07) is 7.98. The predicted octanol–water partition coefficient (Wildman–Crippen LogP) is 4.50. The topological polar surface area (TPSA) is 30.2 Å². The number of halogens is 2. The number of aromatic nitrogens is 3. The first kappa shape index (κ1) is 14.8. The lowest BCUT2D eigenvalue weighted by atomic mass is 10.1. The predicted molar refractivity (Wildman–Crippen MR) is 82.0 cm³/mol. The molecule has 3 nitrogen and oxygen atoms in total. The zero-order chi connectivity index (χ0) is 14.7. The molecule has 104 valence electrons. The highest BCUT2D eigenvalue weighted by atomic mass is 35.5. The van der Waals surface area contributed by atoms with Gasteiger partial charge in [0, 0.05) is 11.6 Å². The van der Waals surface area contributed by atoms with Crippen LogP contribution in [0.5, 0.6) is 0 Å². The quantitative estimate of drug-likeness (QED) is 0.530. The van der Waals surface area contributed by atoms with Crippen molar-refractivity contribution in [2.24, 2.45) is 0 Å². The van der Waals surface area contributed by atoms with Gasteiger partial charge in [-0.05, 0) is 12.1 Å². The van der Waals surface area contributed by atoms with Gasteiger partial charge in [-0.1, -0.05) is 37.6 Å². The Balaban J connectivity index is 0.000000704. The first-order valence-corrected chi connectivity index (χ1v) is 6.97. The van der Waals surface area contributed by atoms with Crippen molar-refractivity contribution in [1.82, 2.24) is 14.6 Å². The van der Waals surface area contributed by atoms with Gasteiger partial charge in [-0.25, -0.2) is 13.9 Å². The molecule has 0 N–H and O–H groups in total. The largest absolute Gasteiger partial charge is 0.227 e. The summed E-state index contributed by atoms with van der Waals surface area (Å²) in [7, 11) is 0. The normalized spacial score (nSPS) is 10.2. The van der Waals surface area contributed by atoms with Crippen LogP contribution in [0.3, 0.4) is 0 Å². The van der Waals surface area contributed by atoms with Crippen LogP contribution < -0.4 is 0 Å². The second-order valence-electron chi connectivity index (χ2n) is 3.71. The fraction of sp³-hybridized carbons (Fsp3) is 0.143. The average molecular weight is 310 g/mol. The Kier molecular flexibility index (Phi) is 4.62. The van der Waals surface area contributed by atoms with Crippen LogP contribution in [0.2, 0.25) is 5.15 Å². The first-order chi connectivity index (χ1) is 9.66. The average Bonchev–Trinajstić information content (AvgIpc) is 2.84. The molecule has 1 aromatic carbocycles. The minimum absolute atomic E-state index is 0.342. The molecule has 0 radical (unpaired) electrons. The van der Waals surface area contributed by atoms with Gasteiger partial charge in [0.05, 0.1) is 16.8 Å². The van der Waals surface area contributed by atoms with E-state index in [9.17, 15) is 4.39 Å². The summed E-state index contributed by atoms with van der Waals surface area (Å²) in [6.07, 6.45) is 1.54. The number of hydrogen-bond acceptors (Lipinski definition) is 3. The maximum absolute atomic E-state index is 13.7. The van der Waals surface area contributed by atoms with Gasteiger partial charge in [0.15, 0.2) is 5.65 Å². The van der Waals surface area contributed by atoms with Crippen LogP contribution in [-0.2, 0) is 0 Å².